The van der Waals surface area contributed by atoms with Gasteiger partial charge in [0.15, 0.2) is 5.54 Å². The molecular formula is C26H24N2O4S. The highest BCUT2D eigenvalue weighted by Crippen LogP contribution is 2.42. The van der Waals surface area contributed by atoms with Gasteiger partial charge in [0, 0.05) is 17.8 Å². The van der Waals surface area contributed by atoms with Gasteiger partial charge in [-0.25, -0.2) is 0 Å². The van der Waals surface area contributed by atoms with E-state index < -0.39 is 23.3 Å². The molecule has 1 saturated heterocycles. The van der Waals surface area contributed by atoms with E-state index in [1.165, 1.54) is 23.2 Å². The fourth-order valence-electron chi connectivity index (χ4n) is 4.19. The number of hydrogen-bond acceptors (Lipinski definition) is 5. The smallest absolute Gasteiger partial charge is 0.311 e. The van der Waals surface area contributed by atoms with E-state index >= 15 is 0 Å². The molecular weight excluding hydrogens is 436 g/mol. The first-order valence-electron chi connectivity index (χ1n) is 10.7. The lowest BCUT2D eigenvalue weighted by Gasteiger charge is -2.47. The number of carbonyl (C=O) groups is 4. The van der Waals surface area contributed by atoms with Crippen LogP contribution in [0.4, 0.5) is 0 Å². The number of piperazine rings is 1. The van der Waals surface area contributed by atoms with Gasteiger partial charge in [-0.2, -0.15) is 0 Å². The maximum Gasteiger partial charge on any atom is 0.319 e. The summed E-state index contributed by atoms with van der Waals surface area (Å²) in [7, 11) is 0. The molecule has 2 aromatic carbocycles. The highest BCUT2D eigenvalue weighted by atomic mass is 32.1. The molecule has 1 aromatic heterocycles. The Morgan fingerprint density at radius 2 is 1.42 bits per heavy atom. The van der Waals surface area contributed by atoms with Crippen LogP contribution in [-0.4, -0.2) is 33.3 Å². The standard InChI is InChI=1S/C26H24N2O4S/c1-19(29)14-15-26(22-13-8-16-33-22)25(32)27(17-20-9-4-2-5-10-20)23(30)24(31)28(26)18-21-11-6-3-7-12-21/h2-13,16H,14-15,17-18H2,1H3/t26-/m0/s1. The number of hydrogen-bond donors (Lipinski definition) is 0. The van der Waals surface area contributed by atoms with Crippen molar-refractivity contribution in [3.05, 3.63) is 94.2 Å². The average molecular weight is 461 g/mol. The fraction of sp³-hybridized carbons (Fsp3) is 0.231. The number of Topliss-reactive ketones (excluding diaryl/α,β-unsaturated/α-hetero) is 1. The largest absolute Gasteiger partial charge is 0.319 e. The van der Waals surface area contributed by atoms with Crippen molar-refractivity contribution < 1.29 is 19.2 Å². The minimum atomic E-state index is -1.44. The van der Waals surface area contributed by atoms with Crippen LogP contribution in [0.15, 0.2) is 78.2 Å². The number of imide groups is 1. The second-order valence-corrected chi connectivity index (χ2v) is 9.05. The number of nitrogens with zero attached hydrogens (tertiary/aromatic N) is 2. The van der Waals surface area contributed by atoms with E-state index in [1.54, 1.807) is 6.07 Å². The third kappa shape index (κ3) is 4.36. The van der Waals surface area contributed by atoms with E-state index in [-0.39, 0.29) is 31.7 Å². The van der Waals surface area contributed by atoms with E-state index in [0.717, 1.165) is 16.0 Å². The van der Waals surface area contributed by atoms with Gasteiger partial charge in [0.05, 0.1) is 6.54 Å². The van der Waals surface area contributed by atoms with Gasteiger partial charge in [-0.1, -0.05) is 66.7 Å². The van der Waals surface area contributed by atoms with Gasteiger partial charge in [-0.05, 0) is 35.9 Å². The van der Waals surface area contributed by atoms with Crippen LogP contribution in [0.3, 0.4) is 0 Å². The lowest BCUT2D eigenvalue weighted by Crippen LogP contribution is -2.67. The molecule has 168 valence electrons. The Labute approximate surface area is 196 Å². The molecule has 0 aliphatic carbocycles. The molecule has 1 fully saturated rings. The van der Waals surface area contributed by atoms with Crippen LogP contribution in [0.2, 0.25) is 0 Å². The Morgan fingerprint density at radius 3 is 1.97 bits per heavy atom. The molecule has 6 nitrogen and oxygen atoms in total. The van der Waals surface area contributed by atoms with E-state index in [0.29, 0.717) is 4.88 Å². The summed E-state index contributed by atoms with van der Waals surface area (Å²) in [6.45, 7) is 1.55. The van der Waals surface area contributed by atoms with Gasteiger partial charge in [0.1, 0.15) is 5.78 Å². The lowest BCUT2D eigenvalue weighted by atomic mass is 9.84. The number of carbonyl (C=O) groups excluding carboxylic acids is 4. The van der Waals surface area contributed by atoms with Crippen LogP contribution < -0.4 is 0 Å². The molecule has 1 aliphatic heterocycles. The van der Waals surface area contributed by atoms with Gasteiger partial charge < -0.3 is 9.69 Å². The molecule has 3 aromatic rings. The molecule has 0 spiro atoms. The number of rotatable bonds is 8. The normalized spacial score (nSPS) is 18.6. The molecule has 0 bridgehead atoms. The van der Waals surface area contributed by atoms with Crippen molar-refractivity contribution in [1.29, 1.82) is 0 Å². The zero-order chi connectivity index (χ0) is 23.4. The Hall–Kier alpha value is -3.58. The Kier molecular flexibility index (Phi) is 6.51. The quantitative estimate of drug-likeness (QED) is 0.377. The Balaban J connectivity index is 1.84. The van der Waals surface area contributed by atoms with Crippen LogP contribution >= 0.6 is 11.3 Å². The van der Waals surface area contributed by atoms with Crippen LogP contribution in [0, 0.1) is 0 Å². The van der Waals surface area contributed by atoms with E-state index in [9.17, 15) is 19.2 Å². The number of thiophene rings is 1. The zero-order valence-corrected chi connectivity index (χ0v) is 19.1. The number of benzene rings is 2. The van der Waals surface area contributed by atoms with E-state index in [1.807, 2.05) is 72.1 Å². The van der Waals surface area contributed by atoms with Gasteiger partial charge in [-0.15, -0.1) is 11.3 Å². The first-order valence-corrected chi connectivity index (χ1v) is 11.6. The molecule has 0 radical (unpaired) electrons. The van der Waals surface area contributed by atoms with Gasteiger partial charge >= 0.3 is 11.8 Å². The Morgan fingerprint density at radius 1 is 0.818 bits per heavy atom. The summed E-state index contributed by atoms with van der Waals surface area (Å²) in [5, 5.41) is 1.83. The predicted molar refractivity (Wildman–Crippen MR) is 125 cm³/mol. The fourth-order valence-corrected chi connectivity index (χ4v) is 5.15. The highest BCUT2D eigenvalue weighted by molar-refractivity contribution is 7.10. The van der Waals surface area contributed by atoms with Crippen LogP contribution in [-0.2, 0) is 37.8 Å². The van der Waals surface area contributed by atoms with Crippen molar-refractivity contribution in [2.24, 2.45) is 0 Å². The first-order chi connectivity index (χ1) is 15.9. The molecule has 0 unspecified atom stereocenters. The zero-order valence-electron chi connectivity index (χ0n) is 18.3. The summed E-state index contributed by atoms with van der Waals surface area (Å²) < 4.78 is 0. The third-order valence-electron chi connectivity index (χ3n) is 5.87. The van der Waals surface area contributed by atoms with Gasteiger partial charge in [0.25, 0.3) is 5.91 Å². The predicted octanol–water partition coefficient (Wildman–Crippen LogP) is 3.91. The lowest BCUT2D eigenvalue weighted by molar-refractivity contribution is -0.177. The van der Waals surface area contributed by atoms with Crippen molar-refractivity contribution in [3.8, 4) is 0 Å². The second kappa shape index (κ2) is 9.50. The monoisotopic (exact) mass is 460 g/mol. The second-order valence-electron chi connectivity index (χ2n) is 8.10. The molecule has 33 heavy (non-hydrogen) atoms. The molecule has 4 rings (SSSR count). The summed E-state index contributed by atoms with van der Waals surface area (Å²) in [5.41, 5.74) is 0.108. The maximum atomic E-state index is 14.1. The van der Waals surface area contributed by atoms with Crippen molar-refractivity contribution in [3.63, 3.8) is 0 Å². The molecule has 1 atom stereocenters. The number of ketones is 1. The molecule has 0 N–H and O–H groups in total. The number of amides is 3. The SMILES string of the molecule is CC(=O)CC[C@]1(c2cccs2)C(=O)N(Cc2ccccc2)C(=O)C(=O)N1Cc1ccccc1. The molecule has 3 amide bonds. The summed E-state index contributed by atoms with van der Waals surface area (Å²) in [4.78, 5) is 55.9. The molecule has 7 heteroatoms. The minimum Gasteiger partial charge on any atom is -0.311 e. The van der Waals surface area contributed by atoms with Crippen molar-refractivity contribution in [2.45, 2.75) is 38.4 Å². The summed E-state index contributed by atoms with van der Waals surface area (Å²) in [6, 6.07) is 22.0. The summed E-state index contributed by atoms with van der Waals surface area (Å²) in [6.07, 6.45) is 0.217. The maximum absolute atomic E-state index is 14.1. The highest BCUT2D eigenvalue weighted by Gasteiger charge is 2.57. The topological polar surface area (TPSA) is 74.8 Å². The first kappa shape index (κ1) is 22.6. The van der Waals surface area contributed by atoms with Crippen molar-refractivity contribution >= 4 is 34.8 Å². The van der Waals surface area contributed by atoms with Gasteiger partial charge in [0.2, 0.25) is 0 Å². The minimum absolute atomic E-state index is 0.00335. The van der Waals surface area contributed by atoms with E-state index in [4.69, 9.17) is 0 Å². The van der Waals surface area contributed by atoms with Crippen LogP contribution in [0.1, 0.15) is 35.8 Å². The molecule has 2 heterocycles. The summed E-state index contributed by atoms with van der Waals surface area (Å²) >= 11 is 1.35. The molecule has 0 saturated carbocycles. The van der Waals surface area contributed by atoms with Crippen molar-refractivity contribution in [1.82, 2.24) is 9.80 Å². The van der Waals surface area contributed by atoms with Crippen molar-refractivity contribution in [2.75, 3.05) is 0 Å². The van der Waals surface area contributed by atoms with Gasteiger partial charge in [-0.3, -0.25) is 19.3 Å². The van der Waals surface area contributed by atoms with Crippen LogP contribution in [0.5, 0.6) is 0 Å². The summed E-state index contributed by atoms with van der Waals surface area (Å²) in [5.74, 6) is -2.16. The van der Waals surface area contributed by atoms with Crippen LogP contribution in [0.25, 0.3) is 0 Å². The Bertz CT molecular complexity index is 1160. The third-order valence-corrected chi connectivity index (χ3v) is 6.89. The molecule has 1 aliphatic rings. The van der Waals surface area contributed by atoms with E-state index in [2.05, 4.69) is 0 Å². The average Bonchev–Trinajstić information content (AvgIpc) is 3.37.